The normalized spacial score (nSPS) is 14.4. The van der Waals surface area contributed by atoms with Gasteiger partial charge < -0.3 is 19.7 Å². The molecule has 0 amide bonds. The molecule has 0 saturated carbocycles. The van der Waals surface area contributed by atoms with Gasteiger partial charge in [0.05, 0.1) is 17.9 Å². The van der Waals surface area contributed by atoms with Crippen LogP contribution in [-0.2, 0) is 32.5 Å². The van der Waals surface area contributed by atoms with Gasteiger partial charge in [0.2, 0.25) is 0 Å². The number of nitrogens with zero attached hydrogens (tertiary/aromatic N) is 3. The van der Waals surface area contributed by atoms with E-state index in [1.54, 1.807) is 6.07 Å². The van der Waals surface area contributed by atoms with Crippen LogP contribution in [0, 0.1) is 0 Å². The predicted octanol–water partition coefficient (Wildman–Crippen LogP) is 2.46. The van der Waals surface area contributed by atoms with Crippen molar-refractivity contribution in [2.45, 2.75) is 32.5 Å². The smallest absolute Gasteiger partial charge is 0.335 e. The Hall–Kier alpha value is -2.70. The van der Waals surface area contributed by atoms with Gasteiger partial charge in [-0.2, -0.15) is 0 Å². The Morgan fingerprint density at radius 1 is 1.26 bits per heavy atom. The summed E-state index contributed by atoms with van der Waals surface area (Å²) in [5, 5.41) is 19.5. The van der Waals surface area contributed by atoms with Crippen LogP contribution in [0.4, 0.5) is 0 Å². The summed E-state index contributed by atoms with van der Waals surface area (Å²) in [6, 6.07) is 9.29. The molecule has 1 aliphatic rings. The lowest BCUT2D eigenvalue weighted by atomic mass is 10.0. The molecule has 6 heteroatoms. The van der Waals surface area contributed by atoms with Crippen LogP contribution in [-0.4, -0.2) is 44.2 Å². The Morgan fingerprint density at radius 3 is 2.81 bits per heavy atom. The summed E-state index contributed by atoms with van der Waals surface area (Å²) in [7, 11) is 2.10. The number of rotatable bonds is 5. The standard InChI is InChI=1S/C21H23N3O3/c1-23-8-7-20-18(12-23)17-10-15(21(26)27)3-5-19(17)24(20)9-6-14-2-4-16(13-25)22-11-14/h2-5,10-11,25H,6-9,12-13H2,1H3,(H,26,27). The molecule has 3 aromatic rings. The maximum absolute atomic E-state index is 11.4. The molecule has 1 aliphatic heterocycles. The highest BCUT2D eigenvalue weighted by molar-refractivity contribution is 5.95. The van der Waals surface area contributed by atoms with Crippen molar-refractivity contribution in [2.24, 2.45) is 0 Å². The minimum Gasteiger partial charge on any atom is -0.478 e. The van der Waals surface area contributed by atoms with E-state index >= 15 is 0 Å². The summed E-state index contributed by atoms with van der Waals surface area (Å²) in [6.45, 7) is 2.62. The summed E-state index contributed by atoms with van der Waals surface area (Å²) in [5.74, 6) is -0.891. The van der Waals surface area contributed by atoms with E-state index in [0.29, 0.717) is 11.3 Å². The van der Waals surface area contributed by atoms with Crippen LogP contribution in [0.2, 0.25) is 0 Å². The van der Waals surface area contributed by atoms with E-state index in [4.69, 9.17) is 5.11 Å². The highest BCUT2D eigenvalue weighted by atomic mass is 16.4. The second-order valence-electron chi connectivity index (χ2n) is 7.17. The second-order valence-corrected chi connectivity index (χ2v) is 7.17. The van der Waals surface area contributed by atoms with Gasteiger partial charge >= 0.3 is 5.97 Å². The minimum absolute atomic E-state index is 0.0462. The van der Waals surface area contributed by atoms with Crippen LogP contribution < -0.4 is 0 Å². The molecule has 3 heterocycles. The molecule has 27 heavy (non-hydrogen) atoms. The Morgan fingerprint density at radius 2 is 2.11 bits per heavy atom. The molecule has 4 rings (SSSR count). The molecule has 140 valence electrons. The van der Waals surface area contributed by atoms with Gasteiger partial charge in [-0.05, 0) is 48.9 Å². The van der Waals surface area contributed by atoms with Gasteiger partial charge in [-0.25, -0.2) is 4.79 Å². The van der Waals surface area contributed by atoms with Crippen molar-refractivity contribution in [3.05, 3.63) is 64.6 Å². The maximum atomic E-state index is 11.4. The number of carboxylic acids is 1. The Balaban J connectivity index is 1.71. The summed E-state index contributed by atoms with van der Waals surface area (Å²) >= 11 is 0. The number of fused-ring (bicyclic) bond motifs is 3. The fourth-order valence-corrected chi connectivity index (χ4v) is 3.91. The first kappa shape index (κ1) is 17.7. The van der Waals surface area contributed by atoms with E-state index in [0.717, 1.165) is 48.9 Å². The molecule has 0 aliphatic carbocycles. The molecule has 0 atom stereocenters. The van der Waals surface area contributed by atoms with Gasteiger partial charge in [0, 0.05) is 48.8 Å². The van der Waals surface area contributed by atoms with Crippen molar-refractivity contribution >= 4 is 16.9 Å². The first-order valence-corrected chi connectivity index (χ1v) is 9.17. The topological polar surface area (TPSA) is 78.6 Å². The second kappa shape index (κ2) is 7.13. The zero-order valence-electron chi connectivity index (χ0n) is 15.4. The van der Waals surface area contributed by atoms with Crippen molar-refractivity contribution in [3.8, 4) is 0 Å². The van der Waals surface area contributed by atoms with Crippen LogP contribution in [0.1, 0.15) is 32.9 Å². The maximum Gasteiger partial charge on any atom is 0.335 e. The highest BCUT2D eigenvalue weighted by Crippen LogP contribution is 2.31. The van der Waals surface area contributed by atoms with Gasteiger partial charge in [-0.1, -0.05) is 6.07 Å². The number of likely N-dealkylation sites (N-methyl/N-ethyl adjacent to an activating group) is 1. The molecular weight excluding hydrogens is 342 g/mol. The lowest BCUT2D eigenvalue weighted by molar-refractivity contribution is 0.0697. The van der Waals surface area contributed by atoms with E-state index in [-0.39, 0.29) is 6.61 Å². The summed E-state index contributed by atoms with van der Waals surface area (Å²) in [6.07, 6.45) is 3.62. The first-order chi connectivity index (χ1) is 13.1. The average Bonchev–Trinajstić information content (AvgIpc) is 2.99. The Bertz CT molecular complexity index is 992. The zero-order chi connectivity index (χ0) is 19.0. The number of hydrogen-bond donors (Lipinski definition) is 2. The van der Waals surface area contributed by atoms with Gasteiger partial charge in [0.1, 0.15) is 0 Å². The van der Waals surface area contributed by atoms with Gasteiger partial charge in [-0.3, -0.25) is 4.98 Å². The van der Waals surface area contributed by atoms with E-state index < -0.39 is 5.97 Å². The quantitative estimate of drug-likeness (QED) is 0.726. The molecule has 2 N–H and O–H groups in total. The SMILES string of the molecule is CN1CCc2c(c3cc(C(=O)O)ccc3n2CCc2ccc(CO)nc2)C1. The van der Waals surface area contributed by atoms with Crippen LogP contribution in [0.15, 0.2) is 36.5 Å². The molecule has 0 unspecified atom stereocenters. The molecular formula is C21H23N3O3. The monoisotopic (exact) mass is 365 g/mol. The molecule has 6 nitrogen and oxygen atoms in total. The van der Waals surface area contributed by atoms with Crippen molar-refractivity contribution in [1.82, 2.24) is 14.5 Å². The zero-order valence-corrected chi connectivity index (χ0v) is 15.4. The fourth-order valence-electron chi connectivity index (χ4n) is 3.91. The lowest BCUT2D eigenvalue weighted by Gasteiger charge is -2.24. The van der Waals surface area contributed by atoms with Crippen LogP contribution in [0.3, 0.4) is 0 Å². The predicted molar refractivity (Wildman–Crippen MR) is 103 cm³/mol. The van der Waals surface area contributed by atoms with E-state index in [9.17, 15) is 9.90 Å². The number of benzene rings is 1. The van der Waals surface area contributed by atoms with E-state index in [2.05, 4.69) is 21.5 Å². The van der Waals surface area contributed by atoms with E-state index in [1.165, 1.54) is 11.3 Å². The fraction of sp³-hybridized carbons (Fsp3) is 0.333. The van der Waals surface area contributed by atoms with Gasteiger partial charge in [0.25, 0.3) is 0 Å². The minimum atomic E-state index is -0.891. The Labute approximate surface area is 157 Å². The molecule has 0 saturated heterocycles. The number of aromatic nitrogens is 2. The number of carbonyl (C=O) groups is 1. The highest BCUT2D eigenvalue weighted by Gasteiger charge is 2.23. The van der Waals surface area contributed by atoms with E-state index in [1.807, 2.05) is 30.5 Å². The largest absolute Gasteiger partial charge is 0.478 e. The third-order valence-electron chi connectivity index (χ3n) is 5.36. The number of hydrogen-bond acceptors (Lipinski definition) is 4. The lowest BCUT2D eigenvalue weighted by Crippen LogP contribution is -2.27. The van der Waals surface area contributed by atoms with Gasteiger partial charge in [-0.15, -0.1) is 0 Å². The average molecular weight is 365 g/mol. The summed E-state index contributed by atoms with van der Waals surface area (Å²) in [4.78, 5) is 17.9. The van der Waals surface area contributed by atoms with Crippen molar-refractivity contribution in [1.29, 1.82) is 0 Å². The van der Waals surface area contributed by atoms with Crippen LogP contribution >= 0.6 is 0 Å². The Kier molecular flexibility index (Phi) is 4.68. The first-order valence-electron chi connectivity index (χ1n) is 9.17. The summed E-state index contributed by atoms with van der Waals surface area (Å²) < 4.78 is 2.34. The number of aliphatic hydroxyl groups is 1. The number of pyridine rings is 1. The number of carboxylic acid groups (broad SMARTS) is 1. The molecule has 0 fully saturated rings. The molecule has 0 bridgehead atoms. The third kappa shape index (κ3) is 3.34. The van der Waals surface area contributed by atoms with Crippen molar-refractivity contribution in [2.75, 3.05) is 13.6 Å². The van der Waals surface area contributed by atoms with Crippen LogP contribution in [0.5, 0.6) is 0 Å². The van der Waals surface area contributed by atoms with Crippen molar-refractivity contribution < 1.29 is 15.0 Å². The molecule has 1 aromatic carbocycles. The van der Waals surface area contributed by atoms with Crippen molar-refractivity contribution in [3.63, 3.8) is 0 Å². The molecule has 0 spiro atoms. The third-order valence-corrected chi connectivity index (χ3v) is 5.36. The number of aliphatic hydroxyl groups excluding tert-OH is 1. The number of aromatic carboxylic acids is 1. The summed E-state index contributed by atoms with van der Waals surface area (Å²) in [5.41, 5.74) is 5.78. The van der Waals surface area contributed by atoms with Crippen LogP contribution in [0.25, 0.3) is 10.9 Å². The van der Waals surface area contributed by atoms with Gasteiger partial charge in [0.15, 0.2) is 0 Å². The molecule has 2 aromatic heterocycles. The molecule has 0 radical (unpaired) electrons. The number of aryl methyl sites for hydroxylation is 2.